The molecule has 0 spiro atoms. The molecule has 1 aromatic carbocycles. The van der Waals surface area contributed by atoms with E-state index in [1.54, 1.807) is 4.90 Å². The number of thiol groups is 1. The lowest BCUT2D eigenvalue weighted by atomic mass is 10.0. The second-order valence-corrected chi connectivity index (χ2v) is 8.38. The van der Waals surface area contributed by atoms with Gasteiger partial charge in [-0.3, -0.25) is 9.59 Å². The monoisotopic (exact) mass is 403 g/mol. The zero-order valence-corrected chi connectivity index (χ0v) is 17.7. The summed E-state index contributed by atoms with van der Waals surface area (Å²) in [6, 6.07) is 10.4. The van der Waals surface area contributed by atoms with Crippen molar-refractivity contribution in [3.05, 3.63) is 35.9 Å². The molecule has 2 aliphatic rings. The van der Waals surface area contributed by atoms with E-state index in [4.69, 9.17) is 0 Å². The number of benzene rings is 1. The maximum atomic E-state index is 12.6. The number of likely N-dealkylation sites (tertiary alicyclic amines) is 1. The minimum atomic E-state index is -0.221. The van der Waals surface area contributed by atoms with Crippen molar-refractivity contribution in [2.45, 2.75) is 51.0 Å². The van der Waals surface area contributed by atoms with Crippen LogP contribution in [0.4, 0.5) is 4.79 Å². The van der Waals surface area contributed by atoms with Gasteiger partial charge in [0.2, 0.25) is 5.91 Å². The number of nitrogens with zero attached hydrogens (tertiary/aromatic N) is 3. The van der Waals surface area contributed by atoms with Crippen LogP contribution >= 0.6 is 12.6 Å². The van der Waals surface area contributed by atoms with Gasteiger partial charge in [-0.05, 0) is 57.3 Å². The third kappa shape index (κ3) is 6.24. The third-order valence-electron chi connectivity index (χ3n) is 6.00. The Labute approximate surface area is 174 Å². The highest BCUT2D eigenvalue weighted by Gasteiger charge is 2.30. The van der Waals surface area contributed by atoms with Gasteiger partial charge in [-0.25, -0.2) is 0 Å². The Morgan fingerprint density at radius 3 is 2.50 bits per heavy atom. The van der Waals surface area contributed by atoms with Gasteiger partial charge in [-0.1, -0.05) is 49.4 Å². The summed E-state index contributed by atoms with van der Waals surface area (Å²) in [5.74, 6) is 0.167. The van der Waals surface area contributed by atoms with Gasteiger partial charge in [0.1, 0.15) is 0 Å². The quantitative estimate of drug-likeness (QED) is 0.709. The van der Waals surface area contributed by atoms with Crippen molar-refractivity contribution in [1.29, 1.82) is 0 Å². The average Bonchev–Trinajstić information content (AvgIpc) is 2.87. The molecule has 154 valence electrons. The largest absolute Gasteiger partial charge is 0.341 e. The summed E-state index contributed by atoms with van der Waals surface area (Å²) in [4.78, 5) is 31.0. The van der Waals surface area contributed by atoms with Gasteiger partial charge in [0.25, 0.3) is 5.24 Å². The first-order chi connectivity index (χ1) is 13.6. The fourth-order valence-electron chi connectivity index (χ4n) is 4.37. The Morgan fingerprint density at radius 2 is 1.79 bits per heavy atom. The standard InChI is InChI=1S/C22H33N3O2S/c26-21-12-17-25(22(27)28)20(11-10-19-8-3-1-4-9-19)18-24(21)16-7-15-23-13-5-2-6-14-23/h1,3-4,8-9,20H,2,5-7,10-18H2,(H,27,28)/t20-/m1/s1. The summed E-state index contributed by atoms with van der Waals surface area (Å²) in [6.45, 7) is 5.33. The van der Waals surface area contributed by atoms with E-state index in [9.17, 15) is 9.59 Å². The van der Waals surface area contributed by atoms with Crippen LogP contribution in [0.3, 0.4) is 0 Å². The van der Waals surface area contributed by atoms with Crippen molar-refractivity contribution >= 4 is 23.8 Å². The van der Waals surface area contributed by atoms with Gasteiger partial charge in [-0.15, -0.1) is 0 Å². The lowest BCUT2D eigenvalue weighted by molar-refractivity contribution is -0.130. The summed E-state index contributed by atoms with van der Waals surface area (Å²) in [6.07, 6.45) is 7.10. The van der Waals surface area contributed by atoms with Crippen LogP contribution in [0.1, 0.15) is 44.1 Å². The summed E-state index contributed by atoms with van der Waals surface area (Å²) in [5, 5.41) is -0.221. The van der Waals surface area contributed by atoms with Crippen molar-refractivity contribution in [3.63, 3.8) is 0 Å². The van der Waals surface area contributed by atoms with E-state index in [2.05, 4.69) is 29.7 Å². The molecule has 2 fully saturated rings. The van der Waals surface area contributed by atoms with E-state index in [0.29, 0.717) is 19.5 Å². The van der Waals surface area contributed by atoms with Crippen molar-refractivity contribution < 1.29 is 9.59 Å². The molecule has 0 unspecified atom stereocenters. The van der Waals surface area contributed by atoms with Gasteiger partial charge in [0.15, 0.2) is 0 Å². The minimum absolute atomic E-state index is 0.0339. The van der Waals surface area contributed by atoms with Gasteiger partial charge in [0, 0.05) is 26.1 Å². The number of aryl methyl sites for hydroxylation is 1. The SMILES string of the molecule is O=C1CCN(C(=O)S)[C@H](CCc2ccccc2)CN1CCCN1CCCCC1. The van der Waals surface area contributed by atoms with E-state index in [-0.39, 0.29) is 17.2 Å². The first kappa shape index (κ1) is 21.2. The predicted molar refractivity (Wildman–Crippen MR) is 116 cm³/mol. The molecule has 6 heteroatoms. The Balaban J connectivity index is 1.56. The van der Waals surface area contributed by atoms with E-state index in [1.165, 1.54) is 37.9 Å². The first-order valence-electron chi connectivity index (χ1n) is 10.7. The molecule has 0 saturated carbocycles. The van der Waals surface area contributed by atoms with Crippen LogP contribution in [-0.2, 0) is 11.2 Å². The van der Waals surface area contributed by atoms with Crippen LogP contribution in [-0.4, -0.2) is 71.2 Å². The van der Waals surface area contributed by atoms with Crippen LogP contribution in [0, 0.1) is 0 Å². The van der Waals surface area contributed by atoms with Gasteiger partial charge < -0.3 is 14.7 Å². The molecule has 2 saturated heterocycles. The lowest BCUT2D eigenvalue weighted by Gasteiger charge is -2.31. The van der Waals surface area contributed by atoms with Crippen molar-refractivity contribution in [1.82, 2.24) is 14.7 Å². The van der Waals surface area contributed by atoms with Crippen LogP contribution in [0.2, 0.25) is 0 Å². The molecule has 2 aliphatic heterocycles. The zero-order chi connectivity index (χ0) is 19.8. The molecular formula is C22H33N3O2S. The number of hydrogen-bond acceptors (Lipinski definition) is 3. The third-order valence-corrected chi connectivity index (χ3v) is 6.25. The van der Waals surface area contributed by atoms with Crippen LogP contribution in [0.15, 0.2) is 30.3 Å². The molecule has 5 nitrogen and oxygen atoms in total. The fraction of sp³-hybridized carbons (Fsp3) is 0.636. The molecular weight excluding hydrogens is 370 g/mol. The topological polar surface area (TPSA) is 43.9 Å². The van der Waals surface area contributed by atoms with Crippen LogP contribution in [0.5, 0.6) is 0 Å². The number of piperidine rings is 1. The summed E-state index contributed by atoms with van der Waals surface area (Å²) in [5.41, 5.74) is 1.27. The van der Waals surface area contributed by atoms with Crippen LogP contribution in [0.25, 0.3) is 0 Å². The molecule has 0 radical (unpaired) electrons. The molecule has 3 rings (SSSR count). The van der Waals surface area contributed by atoms with Gasteiger partial charge in [-0.2, -0.15) is 0 Å². The number of amides is 2. The first-order valence-corrected chi connectivity index (χ1v) is 11.1. The fourth-order valence-corrected chi connectivity index (χ4v) is 4.64. The summed E-state index contributed by atoms with van der Waals surface area (Å²) in [7, 11) is 0. The molecule has 1 aromatic rings. The molecule has 0 N–H and O–H groups in total. The van der Waals surface area contributed by atoms with E-state index in [0.717, 1.165) is 32.4 Å². The number of carbonyl (C=O) groups is 2. The Bertz CT molecular complexity index is 634. The Morgan fingerprint density at radius 1 is 1.04 bits per heavy atom. The minimum Gasteiger partial charge on any atom is -0.341 e. The molecule has 0 aliphatic carbocycles. The highest BCUT2D eigenvalue weighted by atomic mass is 32.1. The van der Waals surface area contributed by atoms with E-state index in [1.807, 2.05) is 23.1 Å². The average molecular weight is 404 g/mol. The second kappa shape index (κ2) is 10.9. The Hall–Kier alpha value is -1.53. The Kier molecular flexibility index (Phi) is 8.22. The van der Waals surface area contributed by atoms with Gasteiger partial charge >= 0.3 is 0 Å². The summed E-state index contributed by atoms with van der Waals surface area (Å²) < 4.78 is 0. The summed E-state index contributed by atoms with van der Waals surface area (Å²) >= 11 is 4.08. The highest BCUT2D eigenvalue weighted by Crippen LogP contribution is 2.19. The maximum absolute atomic E-state index is 12.6. The van der Waals surface area contributed by atoms with Gasteiger partial charge in [0.05, 0.1) is 6.04 Å². The zero-order valence-electron chi connectivity index (χ0n) is 16.8. The van der Waals surface area contributed by atoms with E-state index < -0.39 is 0 Å². The number of hydrogen-bond donors (Lipinski definition) is 1. The second-order valence-electron chi connectivity index (χ2n) is 8.00. The van der Waals surface area contributed by atoms with Crippen molar-refractivity contribution in [2.75, 3.05) is 39.3 Å². The molecule has 28 heavy (non-hydrogen) atoms. The smallest absolute Gasteiger partial charge is 0.278 e. The molecule has 0 bridgehead atoms. The molecule has 0 aromatic heterocycles. The molecule has 1 atom stereocenters. The number of carbonyl (C=O) groups excluding carboxylic acids is 2. The van der Waals surface area contributed by atoms with Crippen LogP contribution < -0.4 is 0 Å². The lowest BCUT2D eigenvalue weighted by Crippen LogP contribution is -2.44. The van der Waals surface area contributed by atoms with Crippen molar-refractivity contribution in [3.8, 4) is 0 Å². The molecule has 2 amide bonds. The highest BCUT2D eigenvalue weighted by molar-refractivity contribution is 7.96. The number of rotatable bonds is 7. The molecule has 2 heterocycles. The maximum Gasteiger partial charge on any atom is 0.278 e. The normalized spacial score (nSPS) is 21.6. The predicted octanol–water partition coefficient (Wildman–Crippen LogP) is 3.45. The van der Waals surface area contributed by atoms with Crippen molar-refractivity contribution in [2.24, 2.45) is 0 Å². The van der Waals surface area contributed by atoms with E-state index >= 15 is 0 Å².